The van der Waals surface area contributed by atoms with E-state index in [1.54, 1.807) is 53.8 Å². The van der Waals surface area contributed by atoms with Gasteiger partial charge < -0.3 is 4.90 Å². The van der Waals surface area contributed by atoms with Crippen molar-refractivity contribution in [2.24, 2.45) is 0 Å². The predicted molar refractivity (Wildman–Crippen MR) is 105 cm³/mol. The number of carbonyl (C=O) groups is 1. The van der Waals surface area contributed by atoms with E-state index in [2.05, 4.69) is 9.97 Å². The van der Waals surface area contributed by atoms with Crippen LogP contribution in [0.4, 0.5) is 0 Å². The largest absolute Gasteiger partial charge is 0.337 e. The van der Waals surface area contributed by atoms with Crippen LogP contribution < -0.4 is 0 Å². The molecule has 0 spiro atoms. The molecule has 7 nitrogen and oxygen atoms in total. The zero-order valence-electron chi connectivity index (χ0n) is 15.2. The van der Waals surface area contributed by atoms with Gasteiger partial charge in [-0.25, -0.2) is 8.42 Å². The minimum Gasteiger partial charge on any atom is -0.337 e. The molecule has 2 aromatic heterocycles. The number of hydrogen-bond acceptors (Lipinski definition) is 5. The van der Waals surface area contributed by atoms with Gasteiger partial charge in [-0.3, -0.25) is 14.8 Å². The first-order valence-corrected chi connectivity index (χ1v) is 10.5. The van der Waals surface area contributed by atoms with Crippen LogP contribution in [0.2, 0.25) is 0 Å². The molecule has 8 heteroatoms. The molecule has 1 amide bonds. The molecule has 0 aliphatic carbocycles. The van der Waals surface area contributed by atoms with Crippen molar-refractivity contribution in [2.45, 2.75) is 11.3 Å². The number of fused-ring (bicyclic) bond motifs is 1. The summed E-state index contributed by atoms with van der Waals surface area (Å²) in [5.74, 6) is -0.122. The molecule has 0 radical (unpaired) electrons. The summed E-state index contributed by atoms with van der Waals surface area (Å²) in [4.78, 5) is 22.7. The lowest BCUT2D eigenvalue weighted by Crippen LogP contribution is -2.37. The Morgan fingerprint density at radius 1 is 0.893 bits per heavy atom. The number of hydrogen-bond donors (Lipinski definition) is 0. The molecule has 4 rings (SSSR count). The Labute approximate surface area is 163 Å². The lowest BCUT2D eigenvalue weighted by Gasteiger charge is -2.22. The van der Waals surface area contributed by atoms with E-state index < -0.39 is 10.0 Å². The molecule has 144 valence electrons. The number of benzene rings is 1. The van der Waals surface area contributed by atoms with Crippen molar-refractivity contribution in [3.8, 4) is 0 Å². The monoisotopic (exact) mass is 396 g/mol. The number of carbonyl (C=O) groups excluding carboxylic acids is 1. The van der Waals surface area contributed by atoms with Crippen LogP contribution in [0.1, 0.15) is 16.8 Å². The first-order chi connectivity index (χ1) is 13.6. The summed E-state index contributed by atoms with van der Waals surface area (Å²) in [6.45, 7) is 1.49. The molecule has 3 aromatic rings. The first kappa shape index (κ1) is 18.5. The van der Waals surface area contributed by atoms with Gasteiger partial charge in [-0.15, -0.1) is 0 Å². The van der Waals surface area contributed by atoms with E-state index in [-0.39, 0.29) is 17.3 Å². The Bertz CT molecular complexity index is 1100. The fraction of sp³-hybridized carbons (Fsp3) is 0.250. The van der Waals surface area contributed by atoms with Crippen molar-refractivity contribution in [2.75, 3.05) is 26.2 Å². The average Bonchev–Trinajstić information content (AvgIpc) is 3.00. The Kier molecular flexibility index (Phi) is 5.06. The molecule has 1 saturated heterocycles. The van der Waals surface area contributed by atoms with Crippen molar-refractivity contribution < 1.29 is 13.2 Å². The minimum atomic E-state index is -3.67. The van der Waals surface area contributed by atoms with Gasteiger partial charge in [0.05, 0.1) is 10.5 Å². The third-order valence-electron chi connectivity index (χ3n) is 4.91. The van der Waals surface area contributed by atoms with Gasteiger partial charge in [-0.2, -0.15) is 4.31 Å². The number of sulfonamides is 1. The van der Waals surface area contributed by atoms with Crippen molar-refractivity contribution in [1.82, 2.24) is 19.2 Å². The Balaban J connectivity index is 1.57. The Morgan fingerprint density at radius 3 is 2.57 bits per heavy atom. The van der Waals surface area contributed by atoms with Gasteiger partial charge in [0.25, 0.3) is 5.91 Å². The molecule has 0 atom stereocenters. The van der Waals surface area contributed by atoms with Crippen molar-refractivity contribution in [3.05, 3.63) is 66.7 Å². The molecule has 0 bridgehead atoms. The third-order valence-corrected chi connectivity index (χ3v) is 6.87. The summed E-state index contributed by atoms with van der Waals surface area (Å²) in [5, 5.41) is 1.44. The molecule has 1 aromatic carbocycles. The summed E-state index contributed by atoms with van der Waals surface area (Å²) in [7, 11) is -3.67. The number of nitrogens with zero attached hydrogens (tertiary/aromatic N) is 4. The van der Waals surface area contributed by atoms with Crippen molar-refractivity contribution in [1.29, 1.82) is 0 Å². The molecule has 0 N–H and O–H groups in total. The van der Waals surface area contributed by atoms with Gasteiger partial charge in [0.2, 0.25) is 10.0 Å². The Morgan fingerprint density at radius 2 is 1.75 bits per heavy atom. The van der Waals surface area contributed by atoms with Gasteiger partial charge in [0, 0.05) is 61.7 Å². The molecule has 0 saturated carbocycles. The highest BCUT2D eigenvalue weighted by Gasteiger charge is 2.29. The van der Waals surface area contributed by atoms with Crippen LogP contribution in [-0.2, 0) is 10.0 Å². The van der Waals surface area contributed by atoms with E-state index in [4.69, 9.17) is 0 Å². The van der Waals surface area contributed by atoms with Crippen LogP contribution in [-0.4, -0.2) is 59.7 Å². The van der Waals surface area contributed by atoms with Crippen LogP contribution in [0.3, 0.4) is 0 Å². The summed E-state index contributed by atoms with van der Waals surface area (Å²) in [5.41, 5.74) is 0.514. The normalized spacial score (nSPS) is 16.1. The van der Waals surface area contributed by atoms with E-state index in [0.717, 1.165) is 5.39 Å². The van der Waals surface area contributed by atoms with Crippen LogP contribution in [0.5, 0.6) is 0 Å². The molecule has 3 heterocycles. The lowest BCUT2D eigenvalue weighted by molar-refractivity contribution is 0.0764. The lowest BCUT2D eigenvalue weighted by atomic mass is 10.2. The second kappa shape index (κ2) is 7.65. The Hall–Kier alpha value is -2.84. The molecule has 1 fully saturated rings. The summed E-state index contributed by atoms with van der Waals surface area (Å²) >= 11 is 0. The number of amides is 1. The van der Waals surface area contributed by atoms with Gasteiger partial charge >= 0.3 is 0 Å². The maximum atomic E-state index is 13.3. The van der Waals surface area contributed by atoms with Crippen molar-refractivity contribution in [3.63, 3.8) is 0 Å². The minimum absolute atomic E-state index is 0.122. The molecular formula is C20H20N4O3S. The third kappa shape index (κ3) is 3.48. The fourth-order valence-electron chi connectivity index (χ4n) is 3.47. The van der Waals surface area contributed by atoms with E-state index >= 15 is 0 Å². The maximum Gasteiger partial charge on any atom is 0.255 e. The fourth-order valence-corrected chi connectivity index (χ4v) is 5.15. The first-order valence-electron chi connectivity index (χ1n) is 9.09. The topological polar surface area (TPSA) is 83.5 Å². The summed E-state index contributed by atoms with van der Waals surface area (Å²) in [6.07, 6.45) is 6.99. The summed E-state index contributed by atoms with van der Waals surface area (Å²) in [6, 6.07) is 10.4. The van der Waals surface area contributed by atoms with E-state index in [0.29, 0.717) is 37.0 Å². The van der Waals surface area contributed by atoms with Gasteiger partial charge in [0.15, 0.2) is 0 Å². The zero-order chi connectivity index (χ0) is 19.6. The zero-order valence-corrected chi connectivity index (χ0v) is 16.0. The maximum absolute atomic E-state index is 13.3. The predicted octanol–water partition coefficient (Wildman–Crippen LogP) is 2.17. The van der Waals surface area contributed by atoms with E-state index in [1.807, 2.05) is 6.07 Å². The van der Waals surface area contributed by atoms with Crippen LogP contribution >= 0.6 is 0 Å². The van der Waals surface area contributed by atoms with E-state index in [1.165, 1.54) is 10.5 Å². The standard InChI is InChI=1S/C20H20N4O3S/c25-20(17-5-2-8-21-15-17)23-10-3-11-24(13-12-23)28(26,27)19-6-1-4-16-14-22-9-7-18(16)19/h1-2,4-9,14-15H,3,10-13H2. The van der Waals surface area contributed by atoms with Crippen molar-refractivity contribution >= 4 is 26.7 Å². The number of aromatic nitrogens is 2. The highest BCUT2D eigenvalue weighted by Crippen LogP contribution is 2.26. The molecule has 1 aliphatic rings. The average molecular weight is 396 g/mol. The number of rotatable bonds is 3. The summed E-state index contributed by atoms with van der Waals surface area (Å²) < 4.78 is 28.1. The SMILES string of the molecule is O=C(c1cccnc1)N1CCCN(S(=O)(=O)c2cccc3cnccc23)CC1. The number of pyridine rings is 2. The molecule has 0 unspecified atom stereocenters. The highest BCUT2D eigenvalue weighted by atomic mass is 32.2. The second-order valence-electron chi connectivity index (χ2n) is 6.64. The second-order valence-corrected chi connectivity index (χ2v) is 8.55. The molecule has 1 aliphatic heterocycles. The van der Waals surface area contributed by atoms with Crippen LogP contribution in [0.25, 0.3) is 10.8 Å². The highest BCUT2D eigenvalue weighted by molar-refractivity contribution is 7.89. The van der Waals surface area contributed by atoms with Gasteiger partial charge in [-0.05, 0) is 30.7 Å². The quantitative estimate of drug-likeness (QED) is 0.678. The molecule has 28 heavy (non-hydrogen) atoms. The smallest absolute Gasteiger partial charge is 0.255 e. The van der Waals surface area contributed by atoms with Gasteiger partial charge in [0.1, 0.15) is 0 Å². The van der Waals surface area contributed by atoms with Gasteiger partial charge in [-0.1, -0.05) is 12.1 Å². The van der Waals surface area contributed by atoms with Crippen LogP contribution in [0, 0.1) is 0 Å². The van der Waals surface area contributed by atoms with E-state index in [9.17, 15) is 13.2 Å². The molecular weight excluding hydrogens is 376 g/mol. The van der Waals surface area contributed by atoms with Crippen LogP contribution in [0.15, 0.2) is 66.1 Å².